The molecule has 0 aliphatic carbocycles. The van der Waals surface area contributed by atoms with Crippen LogP contribution in [0.4, 0.5) is 0 Å². The zero-order chi connectivity index (χ0) is 28.7. The second kappa shape index (κ2) is 13.6. The first-order chi connectivity index (χ1) is 18.6. The third-order valence-corrected chi connectivity index (χ3v) is 13.8. The summed E-state index contributed by atoms with van der Waals surface area (Å²) >= 11 is 0. The maximum atomic E-state index is 6.82. The molecule has 39 heavy (non-hydrogen) atoms. The first kappa shape index (κ1) is 30.9. The number of ether oxygens (including phenoxy) is 6. The number of benzene rings is 2. The van der Waals surface area contributed by atoms with E-state index in [1.165, 1.54) is 0 Å². The summed E-state index contributed by atoms with van der Waals surface area (Å²) < 4.78 is 41.5. The molecule has 1 aliphatic heterocycles. The van der Waals surface area contributed by atoms with E-state index in [1.54, 1.807) is 21.3 Å². The van der Waals surface area contributed by atoms with Gasteiger partial charge in [-0.1, -0.05) is 53.7 Å². The minimum absolute atomic E-state index is 0.209. The van der Waals surface area contributed by atoms with Crippen molar-refractivity contribution in [3.63, 3.8) is 0 Å². The van der Waals surface area contributed by atoms with E-state index in [2.05, 4.69) is 47.6 Å². The molecule has 1 heterocycles. The number of methoxy groups -OCH3 is 3. The highest BCUT2D eigenvalue weighted by atomic mass is 28.4. The third-order valence-electron chi connectivity index (χ3n) is 7.74. The van der Waals surface area contributed by atoms with Crippen LogP contribution in [0.1, 0.15) is 54.0 Å². The van der Waals surface area contributed by atoms with E-state index < -0.39 is 8.32 Å². The van der Waals surface area contributed by atoms with Gasteiger partial charge in [-0.25, -0.2) is 0 Å². The number of fused-ring (bicyclic) bond motifs is 1. The van der Waals surface area contributed by atoms with Crippen molar-refractivity contribution in [1.29, 1.82) is 0 Å². The summed E-state index contributed by atoms with van der Waals surface area (Å²) in [6.07, 6.45) is 2.11. The van der Waals surface area contributed by atoms with Crippen LogP contribution in [-0.2, 0) is 15.8 Å². The molecule has 0 fully saturated rings. The minimum atomic E-state index is -1.97. The second-order valence-corrected chi connectivity index (χ2v) is 16.3. The van der Waals surface area contributed by atoms with Gasteiger partial charge >= 0.3 is 0 Å². The monoisotopic (exact) mass is 558 g/mol. The van der Waals surface area contributed by atoms with Crippen LogP contribution >= 0.6 is 0 Å². The van der Waals surface area contributed by atoms with E-state index in [9.17, 15) is 0 Å². The molecule has 8 heteroatoms. The molecule has 7 nitrogen and oxygen atoms in total. The van der Waals surface area contributed by atoms with Crippen molar-refractivity contribution in [1.82, 2.24) is 0 Å². The van der Waals surface area contributed by atoms with Crippen LogP contribution in [0.2, 0.25) is 16.6 Å². The molecule has 2 aromatic carbocycles. The first-order valence-corrected chi connectivity index (χ1v) is 15.9. The summed E-state index contributed by atoms with van der Waals surface area (Å²) in [5.41, 5.74) is 5.39. The van der Waals surface area contributed by atoms with Crippen molar-refractivity contribution in [2.45, 2.75) is 71.7 Å². The van der Waals surface area contributed by atoms with E-state index in [4.69, 9.17) is 32.8 Å². The summed E-state index contributed by atoms with van der Waals surface area (Å²) in [6, 6.07) is 7.79. The van der Waals surface area contributed by atoms with Crippen molar-refractivity contribution >= 4 is 8.32 Å². The van der Waals surface area contributed by atoms with Crippen LogP contribution < -0.4 is 23.7 Å². The Morgan fingerprint density at radius 2 is 1.49 bits per heavy atom. The molecular formula is C31H46O7Si. The van der Waals surface area contributed by atoms with Gasteiger partial charge in [0, 0.05) is 5.56 Å². The lowest BCUT2D eigenvalue weighted by atomic mass is 9.97. The molecule has 0 unspecified atom stereocenters. The second-order valence-electron chi connectivity index (χ2n) is 10.8. The van der Waals surface area contributed by atoms with Crippen LogP contribution in [0.15, 0.2) is 35.9 Å². The zero-order valence-corrected chi connectivity index (χ0v) is 26.3. The number of hydrogen-bond acceptors (Lipinski definition) is 7. The molecule has 216 valence electrons. The molecule has 0 aromatic heterocycles. The average Bonchev–Trinajstić information content (AvgIpc) is 3.38. The number of allylic oxidation sites excluding steroid dienone is 1. The molecule has 0 bridgehead atoms. The van der Waals surface area contributed by atoms with Crippen LogP contribution in [-0.4, -0.2) is 49.7 Å². The molecule has 1 aliphatic rings. The maximum Gasteiger partial charge on any atom is 0.231 e. The maximum absolute atomic E-state index is 6.82. The Morgan fingerprint density at radius 3 is 2.05 bits per heavy atom. The lowest BCUT2D eigenvalue weighted by Crippen LogP contribution is -2.48. The molecule has 0 radical (unpaired) electrons. The van der Waals surface area contributed by atoms with Crippen molar-refractivity contribution in [2.24, 2.45) is 0 Å². The zero-order valence-electron chi connectivity index (χ0n) is 25.3. The van der Waals surface area contributed by atoms with Gasteiger partial charge in [-0.05, 0) is 58.4 Å². The molecule has 0 spiro atoms. The standard InChI is InChI=1S/C31H46O7Si/c1-11-23(17-38-39(20(2)3,21(4)5)22(6)7)16-35-18-25-15-28(32-8)30(33-9)31(34-10)29(25)24-12-13-26-27(14-24)37-19-36-26/h11-15,20-22H,16-19H2,1-10H3/b23-11+. The number of rotatable bonds is 14. The van der Waals surface area contributed by atoms with E-state index in [0.29, 0.717) is 59.4 Å². The van der Waals surface area contributed by atoms with E-state index >= 15 is 0 Å². The minimum Gasteiger partial charge on any atom is -0.493 e. The van der Waals surface area contributed by atoms with Crippen molar-refractivity contribution < 1.29 is 32.8 Å². The number of hydrogen-bond donors (Lipinski definition) is 0. The molecule has 0 N–H and O–H groups in total. The van der Waals surface area contributed by atoms with E-state index in [-0.39, 0.29) is 6.79 Å². The lowest BCUT2D eigenvalue weighted by molar-refractivity contribution is 0.134. The molecule has 2 aromatic rings. The van der Waals surface area contributed by atoms with Gasteiger partial charge in [0.1, 0.15) is 0 Å². The Morgan fingerprint density at radius 1 is 0.846 bits per heavy atom. The quantitative estimate of drug-likeness (QED) is 0.173. The van der Waals surface area contributed by atoms with Crippen molar-refractivity contribution in [3.8, 4) is 39.9 Å². The Hall–Kier alpha value is -2.68. The Bertz CT molecular complexity index is 1120. The van der Waals surface area contributed by atoms with Gasteiger partial charge in [0.25, 0.3) is 0 Å². The SMILES string of the molecule is C/C=C(\COCc1cc(OC)c(OC)c(OC)c1-c1ccc2c(c1)OCO2)CO[Si](C(C)C)(C(C)C)C(C)C. The van der Waals surface area contributed by atoms with Gasteiger partial charge in [0.15, 0.2) is 23.0 Å². The highest BCUT2D eigenvalue weighted by Crippen LogP contribution is 2.49. The van der Waals surface area contributed by atoms with Crippen LogP contribution in [0.5, 0.6) is 28.7 Å². The van der Waals surface area contributed by atoms with Gasteiger partial charge in [-0.15, -0.1) is 0 Å². The normalized spacial score (nSPS) is 13.5. The fourth-order valence-electron chi connectivity index (χ4n) is 5.91. The van der Waals surface area contributed by atoms with Crippen molar-refractivity contribution in [3.05, 3.63) is 41.5 Å². The predicted octanol–water partition coefficient (Wildman–Crippen LogP) is 7.76. The van der Waals surface area contributed by atoms with Gasteiger partial charge < -0.3 is 32.8 Å². The summed E-state index contributed by atoms with van der Waals surface area (Å²) in [5, 5.41) is 0. The van der Waals surface area contributed by atoms with Gasteiger partial charge in [-0.2, -0.15) is 0 Å². The Kier molecular flexibility index (Phi) is 10.8. The average molecular weight is 559 g/mol. The molecule has 0 saturated carbocycles. The Balaban J connectivity index is 1.87. The summed E-state index contributed by atoms with van der Waals surface area (Å²) in [6.45, 7) is 17.5. The van der Waals surface area contributed by atoms with E-state index in [0.717, 1.165) is 28.0 Å². The van der Waals surface area contributed by atoms with Crippen LogP contribution in [0, 0.1) is 0 Å². The molecular weight excluding hydrogens is 512 g/mol. The summed E-state index contributed by atoms with van der Waals surface area (Å²) in [4.78, 5) is 0. The van der Waals surface area contributed by atoms with Crippen LogP contribution in [0.3, 0.4) is 0 Å². The molecule has 0 atom stereocenters. The lowest BCUT2D eigenvalue weighted by Gasteiger charge is -2.42. The van der Waals surface area contributed by atoms with Gasteiger partial charge in [0.05, 0.1) is 41.2 Å². The molecule has 0 amide bonds. The fourth-order valence-corrected chi connectivity index (χ4v) is 11.3. The molecule has 0 saturated heterocycles. The highest BCUT2D eigenvalue weighted by Gasteiger charge is 2.45. The third kappa shape index (κ3) is 6.39. The van der Waals surface area contributed by atoms with Crippen molar-refractivity contribution in [2.75, 3.05) is 41.3 Å². The van der Waals surface area contributed by atoms with Crippen LogP contribution in [0.25, 0.3) is 11.1 Å². The highest BCUT2D eigenvalue weighted by molar-refractivity contribution is 6.77. The molecule has 3 rings (SSSR count). The summed E-state index contributed by atoms with van der Waals surface area (Å²) in [7, 11) is 2.88. The van der Waals surface area contributed by atoms with Gasteiger partial charge in [0.2, 0.25) is 20.9 Å². The largest absolute Gasteiger partial charge is 0.493 e. The fraction of sp³-hybridized carbons (Fsp3) is 0.548. The topological polar surface area (TPSA) is 64.6 Å². The first-order valence-electron chi connectivity index (χ1n) is 13.7. The summed E-state index contributed by atoms with van der Waals surface area (Å²) in [5.74, 6) is 3.09. The van der Waals surface area contributed by atoms with Gasteiger partial charge in [-0.3, -0.25) is 0 Å². The Labute approximate surface area is 235 Å². The smallest absolute Gasteiger partial charge is 0.231 e. The predicted molar refractivity (Wildman–Crippen MR) is 158 cm³/mol. The van der Waals surface area contributed by atoms with E-state index in [1.807, 2.05) is 31.2 Å².